The highest BCUT2D eigenvalue weighted by molar-refractivity contribution is 4.95. The van der Waals surface area contributed by atoms with Crippen molar-refractivity contribution >= 4 is 0 Å². The summed E-state index contributed by atoms with van der Waals surface area (Å²) >= 11 is 0. The Kier molecular flexibility index (Phi) is 12.9. The van der Waals surface area contributed by atoms with Gasteiger partial charge in [-0.2, -0.15) is 0 Å². The highest BCUT2D eigenvalue weighted by Crippen LogP contribution is 2.38. The van der Waals surface area contributed by atoms with Crippen LogP contribution in [-0.2, 0) is 18.9 Å². The lowest BCUT2D eigenvalue weighted by atomic mass is 10.1. The van der Waals surface area contributed by atoms with E-state index >= 15 is 0 Å². The third-order valence-electron chi connectivity index (χ3n) is 6.20. The molecular weight excluding hydrogens is 392 g/mol. The third kappa shape index (κ3) is 10.5. The Morgan fingerprint density at radius 3 is 2.16 bits per heavy atom. The summed E-state index contributed by atoms with van der Waals surface area (Å²) in [5.74, 6) is -0.599. The molecule has 2 fully saturated rings. The molecule has 2 aliphatic heterocycles. The Morgan fingerprint density at radius 1 is 0.871 bits per heavy atom. The predicted molar refractivity (Wildman–Crippen MR) is 126 cm³/mol. The number of nitrogens with one attached hydrogen (secondary N) is 1. The van der Waals surface area contributed by atoms with Crippen LogP contribution in [0.2, 0.25) is 0 Å². The number of unbranched alkanes of at least 4 members (excludes halogenated alkanes) is 9. The van der Waals surface area contributed by atoms with E-state index in [0.29, 0.717) is 0 Å². The van der Waals surface area contributed by atoms with Gasteiger partial charge in [0.25, 0.3) is 0 Å². The standard InChI is InChI=1S/C25H50N2O4/c1-6-7-8-9-10-11-12-13-14-15-19-28-22-21(20-26-17-16-18-27(4)5)29-24-23(22)30-25(2,3)31-24/h21-24,26H,6-20H2,1-5H3/t21-,22+,23-,24-/m1/s1. The van der Waals surface area contributed by atoms with Gasteiger partial charge in [-0.05, 0) is 53.9 Å². The van der Waals surface area contributed by atoms with Gasteiger partial charge in [0.1, 0.15) is 18.3 Å². The van der Waals surface area contributed by atoms with Crippen LogP contribution in [0.3, 0.4) is 0 Å². The summed E-state index contributed by atoms with van der Waals surface area (Å²) in [4.78, 5) is 2.21. The van der Waals surface area contributed by atoms with Crippen LogP contribution in [0.1, 0.15) is 91.4 Å². The van der Waals surface area contributed by atoms with E-state index in [9.17, 15) is 0 Å². The number of hydrogen-bond acceptors (Lipinski definition) is 6. The molecule has 0 bridgehead atoms. The first-order valence-corrected chi connectivity index (χ1v) is 12.9. The molecular formula is C25H50N2O4. The summed E-state index contributed by atoms with van der Waals surface area (Å²) in [5, 5.41) is 3.52. The fourth-order valence-corrected chi connectivity index (χ4v) is 4.49. The van der Waals surface area contributed by atoms with Crippen molar-refractivity contribution < 1.29 is 18.9 Å². The second-order valence-corrected chi connectivity index (χ2v) is 10.0. The quantitative estimate of drug-likeness (QED) is 0.310. The SMILES string of the molecule is CCCCCCCCCCCCO[C@@H]1[C@H]2OC(C)(C)O[C@H]2O[C@@H]1CNCCCN(C)C. The summed E-state index contributed by atoms with van der Waals surface area (Å²) in [6.07, 6.45) is 13.9. The molecule has 0 radical (unpaired) electrons. The molecule has 184 valence electrons. The van der Waals surface area contributed by atoms with E-state index in [2.05, 4.69) is 31.2 Å². The first-order valence-electron chi connectivity index (χ1n) is 12.9. The molecule has 0 amide bonds. The van der Waals surface area contributed by atoms with Gasteiger partial charge < -0.3 is 29.2 Å². The molecule has 4 atom stereocenters. The molecule has 0 unspecified atom stereocenters. The highest BCUT2D eigenvalue weighted by atomic mass is 16.8. The minimum atomic E-state index is -0.599. The zero-order valence-corrected chi connectivity index (χ0v) is 21.0. The Bertz CT molecular complexity index is 461. The van der Waals surface area contributed by atoms with Gasteiger partial charge in [0.15, 0.2) is 12.1 Å². The van der Waals surface area contributed by atoms with Crippen LogP contribution in [0.4, 0.5) is 0 Å². The summed E-state index contributed by atoms with van der Waals surface area (Å²) in [6, 6.07) is 0. The van der Waals surface area contributed by atoms with Crippen LogP contribution < -0.4 is 5.32 Å². The summed E-state index contributed by atoms with van der Waals surface area (Å²) < 4.78 is 24.5. The van der Waals surface area contributed by atoms with Gasteiger partial charge in [0, 0.05) is 13.2 Å². The van der Waals surface area contributed by atoms with Crippen molar-refractivity contribution in [2.24, 2.45) is 0 Å². The van der Waals surface area contributed by atoms with Gasteiger partial charge in [-0.1, -0.05) is 64.7 Å². The van der Waals surface area contributed by atoms with E-state index in [4.69, 9.17) is 18.9 Å². The van der Waals surface area contributed by atoms with Crippen molar-refractivity contribution in [3.05, 3.63) is 0 Å². The molecule has 6 heteroatoms. The van der Waals surface area contributed by atoms with Crippen LogP contribution in [0.15, 0.2) is 0 Å². The summed E-state index contributed by atoms with van der Waals surface area (Å²) in [7, 11) is 4.21. The molecule has 31 heavy (non-hydrogen) atoms. The summed E-state index contributed by atoms with van der Waals surface area (Å²) in [5.41, 5.74) is 0. The zero-order valence-electron chi connectivity index (χ0n) is 21.0. The van der Waals surface area contributed by atoms with Gasteiger partial charge in [0.2, 0.25) is 0 Å². The average molecular weight is 443 g/mol. The van der Waals surface area contributed by atoms with E-state index < -0.39 is 5.79 Å². The molecule has 2 rings (SSSR count). The lowest BCUT2D eigenvalue weighted by Gasteiger charge is -2.26. The molecule has 0 aliphatic carbocycles. The topological polar surface area (TPSA) is 52.2 Å². The van der Waals surface area contributed by atoms with E-state index in [0.717, 1.165) is 39.1 Å². The Morgan fingerprint density at radius 2 is 1.52 bits per heavy atom. The molecule has 1 N–H and O–H groups in total. The van der Waals surface area contributed by atoms with Crippen molar-refractivity contribution in [2.75, 3.05) is 40.3 Å². The van der Waals surface area contributed by atoms with Crippen LogP contribution >= 0.6 is 0 Å². The maximum atomic E-state index is 6.31. The van der Waals surface area contributed by atoms with Gasteiger partial charge >= 0.3 is 0 Å². The second-order valence-electron chi connectivity index (χ2n) is 10.0. The molecule has 0 aromatic rings. The monoisotopic (exact) mass is 442 g/mol. The van der Waals surface area contributed by atoms with Crippen molar-refractivity contribution in [1.82, 2.24) is 10.2 Å². The number of nitrogens with zero attached hydrogens (tertiary/aromatic N) is 1. The van der Waals surface area contributed by atoms with E-state index in [1.807, 2.05) is 13.8 Å². The van der Waals surface area contributed by atoms with Crippen molar-refractivity contribution in [3.8, 4) is 0 Å². The highest BCUT2D eigenvalue weighted by Gasteiger charge is 2.55. The minimum absolute atomic E-state index is 0.0198. The first-order chi connectivity index (χ1) is 14.9. The molecule has 2 heterocycles. The first kappa shape index (κ1) is 27.0. The number of ether oxygens (including phenoxy) is 4. The van der Waals surface area contributed by atoms with Crippen molar-refractivity contribution in [2.45, 2.75) is 122 Å². The fraction of sp³-hybridized carbons (Fsp3) is 1.00. The summed E-state index contributed by atoms with van der Waals surface area (Å²) in [6.45, 7) is 9.78. The molecule has 0 spiro atoms. The van der Waals surface area contributed by atoms with Crippen molar-refractivity contribution in [3.63, 3.8) is 0 Å². The van der Waals surface area contributed by atoms with E-state index in [1.54, 1.807) is 0 Å². The normalized spacial score (nSPS) is 27.3. The number of hydrogen-bond donors (Lipinski definition) is 1. The van der Waals surface area contributed by atoms with E-state index in [1.165, 1.54) is 57.8 Å². The smallest absolute Gasteiger partial charge is 0.190 e. The zero-order chi connectivity index (χ0) is 22.5. The lowest BCUT2D eigenvalue weighted by Crippen LogP contribution is -2.42. The molecule has 0 saturated carbocycles. The molecule has 0 aromatic carbocycles. The average Bonchev–Trinajstić information content (AvgIpc) is 3.17. The molecule has 2 saturated heterocycles. The third-order valence-corrected chi connectivity index (χ3v) is 6.20. The Labute approximate surface area is 191 Å². The number of rotatable bonds is 18. The second kappa shape index (κ2) is 14.8. The van der Waals surface area contributed by atoms with Gasteiger partial charge in [-0.15, -0.1) is 0 Å². The van der Waals surface area contributed by atoms with Crippen molar-refractivity contribution in [1.29, 1.82) is 0 Å². The number of fused-ring (bicyclic) bond motifs is 1. The Balaban J connectivity index is 1.62. The van der Waals surface area contributed by atoms with Gasteiger partial charge in [-0.3, -0.25) is 0 Å². The molecule has 0 aromatic heterocycles. The minimum Gasteiger partial charge on any atom is -0.373 e. The lowest BCUT2D eigenvalue weighted by molar-refractivity contribution is -0.217. The Hall–Kier alpha value is -0.240. The maximum absolute atomic E-state index is 6.31. The van der Waals surface area contributed by atoms with Crippen LogP contribution in [0.5, 0.6) is 0 Å². The molecule has 2 aliphatic rings. The van der Waals surface area contributed by atoms with Crippen LogP contribution in [0, 0.1) is 0 Å². The predicted octanol–water partition coefficient (Wildman–Crippen LogP) is 4.71. The van der Waals surface area contributed by atoms with E-state index in [-0.39, 0.29) is 24.6 Å². The largest absolute Gasteiger partial charge is 0.373 e. The fourth-order valence-electron chi connectivity index (χ4n) is 4.49. The molecule has 6 nitrogen and oxygen atoms in total. The maximum Gasteiger partial charge on any atom is 0.190 e. The van der Waals surface area contributed by atoms with Gasteiger partial charge in [0.05, 0.1) is 0 Å². The van der Waals surface area contributed by atoms with Crippen LogP contribution in [0.25, 0.3) is 0 Å². The van der Waals surface area contributed by atoms with Crippen LogP contribution in [-0.4, -0.2) is 75.6 Å². The van der Waals surface area contributed by atoms with Gasteiger partial charge in [-0.25, -0.2) is 0 Å².